The van der Waals surface area contributed by atoms with Gasteiger partial charge in [0.2, 0.25) is 0 Å². The first kappa shape index (κ1) is 18.3. The lowest BCUT2D eigenvalue weighted by Gasteiger charge is -2.09. The molecule has 0 saturated heterocycles. The SMILES string of the molecule is O=C(Nc1ccc(Cl)c([N+](=O)[O-])c1)c1ccc(=O)n(Cc2ccccc2)c1. The lowest BCUT2D eigenvalue weighted by atomic mass is 10.2. The van der Waals surface area contributed by atoms with Crippen LogP contribution in [0.25, 0.3) is 0 Å². The molecule has 1 N–H and O–H groups in total. The van der Waals surface area contributed by atoms with E-state index in [9.17, 15) is 19.7 Å². The Morgan fingerprint density at radius 2 is 1.85 bits per heavy atom. The van der Waals surface area contributed by atoms with E-state index in [1.807, 2.05) is 30.3 Å². The number of carbonyl (C=O) groups is 1. The average molecular weight is 384 g/mol. The molecule has 0 unspecified atom stereocenters. The Hall–Kier alpha value is -3.45. The van der Waals surface area contributed by atoms with Crippen molar-refractivity contribution in [3.05, 3.63) is 103 Å². The molecule has 0 bridgehead atoms. The van der Waals surface area contributed by atoms with Crippen LogP contribution in [0, 0.1) is 10.1 Å². The number of anilines is 1. The van der Waals surface area contributed by atoms with Gasteiger partial charge in [-0.05, 0) is 23.8 Å². The predicted octanol–water partition coefficient (Wildman–Crippen LogP) is 3.71. The third-order valence-corrected chi connectivity index (χ3v) is 4.16. The first-order valence-electron chi connectivity index (χ1n) is 7.94. The minimum absolute atomic E-state index is 0.0191. The number of benzene rings is 2. The molecular formula is C19H14ClN3O4. The van der Waals surface area contributed by atoms with Crippen molar-refractivity contribution in [2.45, 2.75) is 6.54 Å². The summed E-state index contributed by atoms with van der Waals surface area (Å²) < 4.78 is 1.43. The summed E-state index contributed by atoms with van der Waals surface area (Å²) in [4.78, 5) is 34.9. The topological polar surface area (TPSA) is 94.2 Å². The van der Waals surface area contributed by atoms with E-state index in [0.717, 1.165) is 5.56 Å². The summed E-state index contributed by atoms with van der Waals surface area (Å²) in [7, 11) is 0. The van der Waals surface area contributed by atoms with Crippen LogP contribution in [0.15, 0.2) is 71.7 Å². The highest BCUT2D eigenvalue weighted by atomic mass is 35.5. The van der Waals surface area contributed by atoms with Gasteiger partial charge >= 0.3 is 0 Å². The van der Waals surface area contributed by atoms with Crippen molar-refractivity contribution >= 4 is 28.9 Å². The number of hydrogen-bond acceptors (Lipinski definition) is 4. The molecule has 0 spiro atoms. The van der Waals surface area contributed by atoms with Crippen molar-refractivity contribution in [1.29, 1.82) is 0 Å². The summed E-state index contributed by atoms with van der Waals surface area (Å²) >= 11 is 5.77. The molecule has 0 aliphatic carbocycles. The lowest BCUT2D eigenvalue weighted by molar-refractivity contribution is -0.384. The largest absolute Gasteiger partial charge is 0.322 e. The van der Waals surface area contributed by atoms with Crippen molar-refractivity contribution in [3.63, 3.8) is 0 Å². The van der Waals surface area contributed by atoms with Gasteiger partial charge in [0.25, 0.3) is 17.2 Å². The Morgan fingerprint density at radius 3 is 2.56 bits per heavy atom. The average Bonchev–Trinajstić information content (AvgIpc) is 2.65. The third kappa shape index (κ3) is 4.39. The molecule has 0 atom stereocenters. The monoisotopic (exact) mass is 383 g/mol. The van der Waals surface area contributed by atoms with E-state index >= 15 is 0 Å². The second-order valence-electron chi connectivity index (χ2n) is 5.75. The molecule has 2 aromatic carbocycles. The standard InChI is InChI=1S/C19H14ClN3O4/c20-16-8-7-15(10-17(16)23(26)27)21-19(25)14-6-9-18(24)22(12-14)11-13-4-2-1-3-5-13/h1-10,12H,11H2,(H,21,25). The fraction of sp³-hybridized carbons (Fsp3) is 0.0526. The van der Waals surface area contributed by atoms with Crippen molar-refractivity contribution < 1.29 is 9.72 Å². The Labute approximate surface area is 159 Å². The molecule has 0 fully saturated rings. The van der Waals surface area contributed by atoms with Crippen LogP contribution < -0.4 is 10.9 Å². The summed E-state index contributed by atoms with van der Waals surface area (Å²) in [6.07, 6.45) is 1.45. The molecule has 1 heterocycles. The van der Waals surface area contributed by atoms with Crippen LogP contribution in [0.3, 0.4) is 0 Å². The molecule has 1 aromatic heterocycles. The Bertz CT molecular complexity index is 1060. The maximum absolute atomic E-state index is 12.5. The van der Waals surface area contributed by atoms with E-state index < -0.39 is 10.8 Å². The van der Waals surface area contributed by atoms with Gasteiger partial charge in [0.05, 0.1) is 17.0 Å². The van der Waals surface area contributed by atoms with Gasteiger partial charge in [0.1, 0.15) is 5.02 Å². The first-order chi connectivity index (χ1) is 12.9. The van der Waals surface area contributed by atoms with Crippen LogP contribution in [-0.2, 0) is 6.54 Å². The summed E-state index contributed by atoms with van der Waals surface area (Å²) in [5.74, 6) is -0.492. The number of rotatable bonds is 5. The van der Waals surface area contributed by atoms with Gasteiger partial charge in [-0.15, -0.1) is 0 Å². The minimum atomic E-state index is -0.627. The lowest BCUT2D eigenvalue weighted by Crippen LogP contribution is -2.22. The molecule has 7 nitrogen and oxygen atoms in total. The first-order valence-corrected chi connectivity index (χ1v) is 8.31. The van der Waals surface area contributed by atoms with Crippen molar-refractivity contribution in [3.8, 4) is 0 Å². The number of amides is 1. The highest BCUT2D eigenvalue weighted by Gasteiger charge is 2.15. The summed E-state index contributed by atoms with van der Waals surface area (Å²) in [6, 6.07) is 16.1. The number of pyridine rings is 1. The number of nitro groups is 1. The second kappa shape index (κ2) is 7.84. The number of nitrogens with one attached hydrogen (secondary N) is 1. The van der Waals surface area contributed by atoms with E-state index in [1.165, 1.54) is 41.1 Å². The van der Waals surface area contributed by atoms with Crippen LogP contribution in [0.2, 0.25) is 5.02 Å². The van der Waals surface area contributed by atoms with Gasteiger partial charge in [-0.3, -0.25) is 19.7 Å². The number of hydrogen-bond donors (Lipinski definition) is 1. The normalized spacial score (nSPS) is 10.4. The Morgan fingerprint density at radius 1 is 1.11 bits per heavy atom. The maximum atomic E-state index is 12.5. The quantitative estimate of drug-likeness (QED) is 0.536. The van der Waals surface area contributed by atoms with Crippen LogP contribution >= 0.6 is 11.6 Å². The molecule has 3 rings (SSSR count). The highest BCUT2D eigenvalue weighted by Crippen LogP contribution is 2.27. The highest BCUT2D eigenvalue weighted by molar-refractivity contribution is 6.32. The van der Waals surface area contributed by atoms with E-state index in [-0.39, 0.29) is 27.5 Å². The zero-order chi connectivity index (χ0) is 19.4. The Balaban J connectivity index is 1.83. The van der Waals surface area contributed by atoms with E-state index in [2.05, 4.69) is 5.32 Å². The molecule has 8 heteroatoms. The summed E-state index contributed by atoms with van der Waals surface area (Å²) in [5, 5.41) is 13.5. The van der Waals surface area contributed by atoms with Gasteiger partial charge in [-0.1, -0.05) is 41.9 Å². The van der Waals surface area contributed by atoms with Crippen LogP contribution in [0.4, 0.5) is 11.4 Å². The van der Waals surface area contributed by atoms with E-state index in [4.69, 9.17) is 11.6 Å². The van der Waals surface area contributed by atoms with Crippen LogP contribution in [0.1, 0.15) is 15.9 Å². The predicted molar refractivity (Wildman–Crippen MR) is 102 cm³/mol. The zero-order valence-corrected chi connectivity index (χ0v) is 14.7. The molecule has 0 aliphatic heterocycles. The third-order valence-electron chi connectivity index (χ3n) is 3.84. The van der Waals surface area contributed by atoms with Crippen LogP contribution in [0.5, 0.6) is 0 Å². The number of aromatic nitrogens is 1. The van der Waals surface area contributed by atoms with Crippen LogP contribution in [-0.4, -0.2) is 15.4 Å². The molecule has 0 radical (unpaired) electrons. The minimum Gasteiger partial charge on any atom is -0.322 e. The summed E-state index contributed by atoms with van der Waals surface area (Å²) in [6.45, 7) is 0.327. The fourth-order valence-corrected chi connectivity index (χ4v) is 2.69. The second-order valence-corrected chi connectivity index (χ2v) is 6.15. The number of nitrogens with zero attached hydrogens (tertiary/aromatic N) is 2. The van der Waals surface area contributed by atoms with Gasteiger partial charge in [0, 0.05) is 24.0 Å². The van der Waals surface area contributed by atoms with Gasteiger partial charge in [-0.25, -0.2) is 0 Å². The van der Waals surface area contributed by atoms with Crippen molar-refractivity contribution in [1.82, 2.24) is 4.57 Å². The molecule has 0 aliphatic rings. The van der Waals surface area contributed by atoms with E-state index in [0.29, 0.717) is 6.54 Å². The molecular weight excluding hydrogens is 370 g/mol. The smallest absolute Gasteiger partial charge is 0.289 e. The van der Waals surface area contributed by atoms with Crippen molar-refractivity contribution in [2.75, 3.05) is 5.32 Å². The van der Waals surface area contributed by atoms with Gasteiger partial charge < -0.3 is 9.88 Å². The van der Waals surface area contributed by atoms with Gasteiger partial charge in [0.15, 0.2) is 0 Å². The van der Waals surface area contributed by atoms with E-state index in [1.54, 1.807) is 0 Å². The number of carbonyl (C=O) groups excluding carboxylic acids is 1. The zero-order valence-electron chi connectivity index (χ0n) is 14.0. The molecule has 0 saturated carbocycles. The Kier molecular flexibility index (Phi) is 5.33. The fourth-order valence-electron chi connectivity index (χ4n) is 2.50. The summed E-state index contributed by atoms with van der Waals surface area (Å²) in [5.41, 5.74) is 0.867. The van der Waals surface area contributed by atoms with Gasteiger partial charge in [-0.2, -0.15) is 0 Å². The molecule has 136 valence electrons. The molecule has 3 aromatic rings. The maximum Gasteiger partial charge on any atom is 0.289 e. The van der Waals surface area contributed by atoms with Crippen molar-refractivity contribution in [2.24, 2.45) is 0 Å². The molecule has 1 amide bonds. The number of halogens is 1. The number of nitro benzene ring substituents is 1. The molecule has 27 heavy (non-hydrogen) atoms.